The molecule has 1 aromatic carbocycles. The molecule has 0 atom stereocenters. The molecular formula is C30H50B2O4. The van der Waals surface area contributed by atoms with Crippen LogP contribution in [0.3, 0.4) is 0 Å². The smallest absolute Gasteiger partial charge is 0.427 e. The van der Waals surface area contributed by atoms with E-state index in [1.165, 1.54) is 16.6 Å². The summed E-state index contributed by atoms with van der Waals surface area (Å²) in [7, 11) is 0.0657. The molecule has 1 N–H and O–H groups in total. The molecule has 36 heavy (non-hydrogen) atoms. The second-order valence-electron chi connectivity index (χ2n) is 12.3. The van der Waals surface area contributed by atoms with E-state index in [1.54, 1.807) is 13.8 Å². The summed E-state index contributed by atoms with van der Waals surface area (Å²) in [5.41, 5.74) is 2.44. The molecule has 1 aromatic rings. The number of aliphatic hydroxyl groups is 1. The number of hydrogen-bond donors (Lipinski definition) is 1. The Kier molecular flexibility index (Phi) is 10.7. The van der Waals surface area contributed by atoms with Gasteiger partial charge in [-0.05, 0) is 123 Å². The summed E-state index contributed by atoms with van der Waals surface area (Å²) in [5.74, 6) is 0. The van der Waals surface area contributed by atoms with Gasteiger partial charge in [-0.1, -0.05) is 29.8 Å². The van der Waals surface area contributed by atoms with Gasteiger partial charge in [-0.25, -0.2) is 0 Å². The van der Waals surface area contributed by atoms with Crippen molar-refractivity contribution in [3.63, 3.8) is 0 Å². The average Bonchev–Trinajstić information content (AvgIpc) is 2.99. The molecule has 4 nitrogen and oxygen atoms in total. The van der Waals surface area contributed by atoms with Crippen molar-refractivity contribution in [2.45, 2.75) is 129 Å². The van der Waals surface area contributed by atoms with Gasteiger partial charge in [-0.3, -0.25) is 0 Å². The largest absolute Gasteiger partial charge is 0.495 e. The molecular weight excluding hydrogens is 446 g/mol. The minimum absolute atomic E-state index is 0.388. The molecule has 0 bridgehead atoms. The van der Waals surface area contributed by atoms with Crippen LogP contribution in [-0.2, 0) is 26.8 Å². The maximum absolute atomic E-state index is 10.6. The number of aryl methyl sites for hydroxylation is 2. The van der Waals surface area contributed by atoms with Gasteiger partial charge < -0.3 is 19.1 Å². The van der Waals surface area contributed by atoms with E-state index in [0.717, 1.165) is 56.8 Å². The molecule has 1 aliphatic heterocycles. The first kappa shape index (κ1) is 30.9. The molecule has 0 unspecified atom stereocenters. The van der Waals surface area contributed by atoms with E-state index in [-0.39, 0.29) is 18.3 Å². The lowest BCUT2D eigenvalue weighted by Gasteiger charge is -2.38. The van der Waals surface area contributed by atoms with Gasteiger partial charge in [0.2, 0.25) is 0 Å². The van der Waals surface area contributed by atoms with Gasteiger partial charge in [-0.2, -0.15) is 0 Å². The van der Waals surface area contributed by atoms with Gasteiger partial charge in [0.05, 0.1) is 22.4 Å². The normalized spacial score (nSPS) is 17.3. The molecule has 1 saturated heterocycles. The van der Waals surface area contributed by atoms with Crippen LogP contribution in [0.25, 0.3) is 0 Å². The molecule has 0 amide bonds. The van der Waals surface area contributed by atoms with Crippen molar-refractivity contribution < 1.29 is 19.1 Å². The molecule has 1 aliphatic rings. The molecule has 0 radical (unpaired) electrons. The number of allylic oxidation sites excluding steroid dienone is 2. The van der Waals surface area contributed by atoms with E-state index < -0.39 is 11.2 Å². The zero-order valence-corrected chi connectivity index (χ0v) is 24.3. The maximum atomic E-state index is 10.6. The summed E-state index contributed by atoms with van der Waals surface area (Å²) in [6.07, 6.45) is 12.3. The quantitative estimate of drug-likeness (QED) is 0.203. The first-order valence-corrected chi connectivity index (χ1v) is 13.7. The highest BCUT2D eigenvalue weighted by molar-refractivity contribution is 6.63. The fourth-order valence-electron chi connectivity index (χ4n) is 4.18. The zero-order chi connectivity index (χ0) is 27.2. The minimum Gasteiger partial charge on any atom is -0.427 e. The van der Waals surface area contributed by atoms with Gasteiger partial charge >= 0.3 is 14.6 Å². The van der Waals surface area contributed by atoms with Gasteiger partial charge in [-0.15, -0.1) is 13.2 Å². The van der Waals surface area contributed by atoms with E-state index in [2.05, 4.69) is 53.0 Å². The van der Waals surface area contributed by atoms with Crippen molar-refractivity contribution in [2.24, 2.45) is 0 Å². The van der Waals surface area contributed by atoms with Gasteiger partial charge in [0.15, 0.2) is 0 Å². The van der Waals surface area contributed by atoms with Crippen LogP contribution >= 0.6 is 0 Å². The third kappa shape index (κ3) is 7.83. The summed E-state index contributed by atoms with van der Waals surface area (Å²) < 4.78 is 19.3. The lowest BCUT2D eigenvalue weighted by Crippen LogP contribution is -2.49. The molecule has 1 fully saturated rings. The predicted molar refractivity (Wildman–Crippen MR) is 156 cm³/mol. The number of rotatable bonds is 15. The topological polar surface area (TPSA) is 47.9 Å². The van der Waals surface area contributed by atoms with Crippen LogP contribution < -0.4 is 10.9 Å². The van der Waals surface area contributed by atoms with Crippen LogP contribution in [0.4, 0.5) is 0 Å². The van der Waals surface area contributed by atoms with Crippen molar-refractivity contribution in [1.82, 2.24) is 0 Å². The Balaban J connectivity index is 2.46. The molecule has 0 spiro atoms. The third-order valence-electron chi connectivity index (χ3n) is 8.24. The zero-order valence-electron chi connectivity index (χ0n) is 24.3. The Bertz CT molecular complexity index is 868. The summed E-state index contributed by atoms with van der Waals surface area (Å²) >= 11 is 0. The molecule has 0 aliphatic carbocycles. The van der Waals surface area contributed by atoms with Crippen LogP contribution in [0.15, 0.2) is 37.4 Å². The second-order valence-corrected chi connectivity index (χ2v) is 12.3. The SMILES string of the molecule is C=CCCCCc1cc(B2OC(C)(C)C(C)(C)O2)c(CCCCC=C)cc1BOC(C)(C)C(C)(C)O. The van der Waals surface area contributed by atoms with Crippen LogP contribution in [0.5, 0.6) is 0 Å². The molecule has 200 valence electrons. The summed E-state index contributed by atoms with van der Waals surface area (Å²) in [6.45, 7) is 23.7. The molecule has 0 saturated carbocycles. The van der Waals surface area contributed by atoms with E-state index in [0.29, 0.717) is 7.48 Å². The minimum atomic E-state index is -0.951. The second kappa shape index (κ2) is 12.5. The summed E-state index contributed by atoms with van der Waals surface area (Å²) in [5, 5.41) is 10.6. The predicted octanol–water partition coefficient (Wildman–Crippen LogP) is 5.33. The van der Waals surface area contributed by atoms with E-state index in [1.807, 2.05) is 26.0 Å². The maximum Gasteiger partial charge on any atom is 0.495 e. The van der Waals surface area contributed by atoms with Crippen LogP contribution in [0, 0.1) is 0 Å². The van der Waals surface area contributed by atoms with Crippen LogP contribution in [0.1, 0.15) is 105 Å². The lowest BCUT2D eigenvalue weighted by atomic mass is 9.69. The first-order valence-electron chi connectivity index (χ1n) is 13.7. The Morgan fingerprint density at radius 2 is 1.39 bits per heavy atom. The van der Waals surface area contributed by atoms with E-state index >= 15 is 0 Å². The highest BCUT2D eigenvalue weighted by Gasteiger charge is 2.52. The van der Waals surface area contributed by atoms with Crippen molar-refractivity contribution in [1.29, 1.82) is 0 Å². The monoisotopic (exact) mass is 496 g/mol. The van der Waals surface area contributed by atoms with E-state index in [4.69, 9.17) is 14.0 Å². The Morgan fingerprint density at radius 1 is 0.889 bits per heavy atom. The van der Waals surface area contributed by atoms with Crippen molar-refractivity contribution in [3.05, 3.63) is 48.6 Å². The number of unbranched alkanes of at least 4 members (excludes halogenated alkanes) is 4. The molecule has 1 heterocycles. The van der Waals surface area contributed by atoms with E-state index in [9.17, 15) is 5.11 Å². The fraction of sp³-hybridized carbons (Fsp3) is 0.667. The number of benzene rings is 1. The van der Waals surface area contributed by atoms with Gasteiger partial charge in [0.1, 0.15) is 0 Å². The summed E-state index contributed by atoms with van der Waals surface area (Å²) in [4.78, 5) is 0. The molecule has 2 rings (SSSR count). The average molecular weight is 496 g/mol. The Labute approximate surface area is 222 Å². The summed E-state index contributed by atoms with van der Waals surface area (Å²) in [6, 6.07) is 4.60. The fourth-order valence-corrected chi connectivity index (χ4v) is 4.18. The van der Waals surface area contributed by atoms with Crippen molar-refractivity contribution in [2.75, 3.05) is 0 Å². The van der Waals surface area contributed by atoms with Gasteiger partial charge in [0.25, 0.3) is 0 Å². The highest BCUT2D eigenvalue weighted by Crippen LogP contribution is 2.37. The van der Waals surface area contributed by atoms with Gasteiger partial charge in [0, 0.05) is 0 Å². The first-order chi connectivity index (χ1) is 16.6. The third-order valence-corrected chi connectivity index (χ3v) is 8.24. The van der Waals surface area contributed by atoms with Crippen LogP contribution in [-0.4, -0.2) is 42.1 Å². The van der Waals surface area contributed by atoms with Crippen molar-refractivity contribution >= 4 is 25.5 Å². The molecule has 0 aromatic heterocycles. The number of hydrogen-bond acceptors (Lipinski definition) is 4. The van der Waals surface area contributed by atoms with Crippen LogP contribution in [0.2, 0.25) is 0 Å². The Morgan fingerprint density at radius 3 is 1.86 bits per heavy atom. The lowest BCUT2D eigenvalue weighted by molar-refractivity contribution is -0.0893. The Hall–Kier alpha value is -1.33. The highest BCUT2D eigenvalue weighted by atomic mass is 16.7. The molecule has 6 heteroatoms. The van der Waals surface area contributed by atoms with Crippen molar-refractivity contribution in [3.8, 4) is 0 Å². The standard InChI is InChI=1S/C30H50B2O4/c1-11-13-15-17-19-23-22-26(32-35-29(7,8)30(9,10)36-32)24(20-18-16-14-12-2)21-25(23)31-34-28(5,6)27(3,4)33/h11-12,21-22,31,33H,1-2,13-20H2,3-10H3.